The lowest BCUT2D eigenvalue weighted by atomic mass is 9.94. The molecule has 0 aliphatic carbocycles. The van der Waals surface area contributed by atoms with E-state index in [1.165, 1.54) is 43.4 Å². The molecular weight excluding hydrogens is 789 g/mol. The summed E-state index contributed by atoms with van der Waals surface area (Å²) in [4.78, 5) is 2.48. The topological polar surface area (TPSA) is 21.3 Å². The number of hydrogen-bond acceptors (Lipinski definition) is 2. The zero-order valence-electron chi connectivity index (χ0n) is 35.4. The van der Waals surface area contributed by atoms with E-state index in [9.17, 15) is 0 Å². The molecule has 0 aliphatic heterocycles. The molecule has 3 heteroatoms. The highest BCUT2D eigenvalue weighted by Gasteiger charge is 2.26. The van der Waals surface area contributed by atoms with Crippen molar-refractivity contribution in [3.05, 3.63) is 243 Å². The summed E-state index contributed by atoms with van der Waals surface area (Å²) in [5, 5.41) is 9.64. The zero-order valence-corrected chi connectivity index (χ0v) is 35.4. The average molecular weight is 829 g/mol. The van der Waals surface area contributed by atoms with Crippen molar-refractivity contribution in [2.45, 2.75) is 0 Å². The van der Waals surface area contributed by atoms with E-state index < -0.39 is 0 Å². The highest BCUT2D eigenvalue weighted by molar-refractivity contribution is 6.13. The fourth-order valence-corrected chi connectivity index (χ4v) is 10.3. The number of anilines is 3. The van der Waals surface area contributed by atoms with Gasteiger partial charge in [0.1, 0.15) is 11.2 Å². The first kappa shape index (κ1) is 36.9. The molecule has 0 saturated heterocycles. The lowest BCUT2D eigenvalue weighted by Crippen LogP contribution is -2.14. The highest BCUT2D eigenvalue weighted by Crippen LogP contribution is 2.50. The molecular formula is C62H40N2O. The van der Waals surface area contributed by atoms with Gasteiger partial charge in [-0.25, -0.2) is 0 Å². The van der Waals surface area contributed by atoms with Gasteiger partial charge in [0.15, 0.2) is 0 Å². The molecule has 0 spiro atoms. The first-order valence-electron chi connectivity index (χ1n) is 22.3. The third kappa shape index (κ3) is 5.90. The number of fused-ring (bicyclic) bond motifs is 9. The van der Waals surface area contributed by atoms with Crippen molar-refractivity contribution < 1.29 is 4.42 Å². The molecule has 0 bridgehead atoms. The van der Waals surface area contributed by atoms with Crippen molar-refractivity contribution in [3.63, 3.8) is 0 Å². The second kappa shape index (κ2) is 15.0. The SMILES string of the molecule is c1ccc(N(c2ccccc2-c2ccccc2-n2c3ccccc3c3ccccc32)c2ccccc2-c2cccc3c2oc2ccccc23)c(-c2ccc3c(ccc4ccccc43)c2)c1. The van der Waals surface area contributed by atoms with E-state index in [1.54, 1.807) is 0 Å². The Morgan fingerprint density at radius 2 is 0.800 bits per heavy atom. The van der Waals surface area contributed by atoms with E-state index in [2.05, 4.69) is 246 Å². The quantitative estimate of drug-likeness (QED) is 0.149. The van der Waals surface area contributed by atoms with Crippen LogP contribution in [0.4, 0.5) is 17.1 Å². The summed E-state index contributed by atoms with van der Waals surface area (Å²) in [6.45, 7) is 0. The van der Waals surface area contributed by atoms with Crippen LogP contribution >= 0.6 is 0 Å². The van der Waals surface area contributed by atoms with Crippen LogP contribution in [0.1, 0.15) is 0 Å². The third-order valence-electron chi connectivity index (χ3n) is 13.2. The molecule has 304 valence electrons. The van der Waals surface area contributed by atoms with Crippen LogP contribution in [0.5, 0.6) is 0 Å². The van der Waals surface area contributed by atoms with Crippen LogP contribution in [-0.4, -0.2) is 4.57 Å². The van der Waals surface area contributed by atoms with E-state index in [0.29, 0.717) is 0 Å². The van der Waals surface area contributed by atoms with Crippen LogP contribution < -0.4 is 4.90 Å². The number of benzene rings is 11. The standard InChI is InChI=1S/C62H40N2O/c1-2-19-44-41(18-1)36-37-42-40-43(38-39-45(42)44)46-20-3-10-29-55(46)63(60-34-15-8-25-51(60)53-27-17-28-54-52-26-9-16-35-61(52)65-62(53)54)56-30-11-4-21-47(56)48-22-5-12-31-57(48)64-58-32-13-6-23-49(58)50-24-7-14-33-59(50)64/h1-40H. The third-order valence-corrected chi connectivity index (χ3v) is 13.2. The summed E-state index contributed by atoms with van der Waals surface area (Å²) in [5.74, 6) is 0. The molecule has 0 aliphatic rings. The van der Waals surface area contributed by atoms with Crippen molar-refractivity contribution >= 4 is 82.4 Å². The molecule has 0 amide bonds. The van der Waals surface area contributed by atoms with Crippen LogP contribution in [0.15, 0.2) is 247 Å². The first-order chi connectivity index (χ1) is 32.3. The van der Waals surface area contributed by atoms with Gasteiger partial charge in [-0.1, -0.05) is 194 Å². The number of aromatic nitrogens is 1. The van der Waals surface area contributed by atoms with E-state index in [0.717, 1.165) is 78.1 Å². The van der Waals surface area contributed by atoms with Gasteiger partial charge in [0.25, 0.3) is 0 Å². The lowest BCUT2D eigenvalue weighted by Gasteiger charge is -2.32. The van der Waals surface area contributed by atoms with Gasteiger partial charge < -0.3 is 13.9 Å². The smallest absolute Gasteiger partial charge is 0.143 e. The number of para-hydroxylation sites is 8. The van der Waals surface area contributed by atoms with Crippen LogP contribution in [0.3, 0.4) is 0 Å². The molecule has 3 nitrogen and oxygen atoms in total. The minimum Gasteiger partial charge on any atom is -0.455 e. The van der Waals surface area contributed by atoms with Gasteiger partial charge >= 0.3 is 0 Å². The fourth-order valence-electron chi connectivity index (χ4n) is 10.3. The molecule has 0 atom stereocenters. The molecule has 13 rings (SSSR count). The normalized spacial score (nSPS) is 11.7. The van der Waals surface area contributed by atoms with Crippen molar-refractivity contribution in [1.82, 2.24) is 4.57 Å². The molecule has 0 fully saturated rings. The second-order valence-electron chi connectivity index (χ2n) is 16.8. The minimum atomic E-state index is 0.876. The summed E-state index contributed by atoms with van der Waals surface area (Å²) in [6.07, 6.45) is 0. The van der Waals surface area contributed by atoms with Gasteiger partial charge in [0.2, 0.25) is 0 Å². The molecule has 65 heavy (non-hydrogen) atoms. The van der Waals surface area contributed by atoms with Crippen molar-refractivity contribution in [1.29, 1.82) is 0 Å². The lowest BCUT2D eigenvalue weighted by molar-refractivity contribution is 0.670. The Morgan fingerprint density at radius 3 is 1.54 bits per heavy atom. The minimum absolute atomic E-state index is 0.876. The molecule has 0 radical (unpaired) electrons. The Labute approximate surface area is 376 Å². The van der Waals surface area contributed by atoms with Crippen LogP contribution in [-0.2, 0) is 0 Å². The predicted octanol–water partition coefficient (Wildman–Crippen LogP) is 17.5. The average Bonchev–Trinajstić information content (AvgIpc) is 3.93. The van der Waals surface area contributed by atoms with Gasteiger partial charge in [-0.3, -0.25) is 0 Å². The molecule has 0 unspecified atom stereocenters. The fraction of sp³-hybridized carbons (Fsp3) is 0. The van der Waals surface area contributed by atoms with E-state index in [4.69, 9.17) is 4.42 Å². The van der Waals surface area contributed by atoms with Crippen LogP contribution in [0, 0.1) is 0 Å². The Morgan fingerprint density at radius 1 is 0.308 bits per heavy atom. The number of furan rings is 1. The predicted molar refractivity (Wildman–Crippen MR) is 274 cm³/mol. The Balaban J connectivity index is 1.09. The largest absolute Gasteiger partial charge is 0.455 e. The zero-order chi connectivity index (χ0) is 42.8. The number of hydrogen-bond donors (Lipinski definition) is 0. The molecule has 13 aromatic rings. The Bertz CT molecular complexity index is 3930. The van der Waals surface area contributed by atoms with Crippen molar-refractivity contribution in [3.8, 4) is 39.1 Å². The molecule has 2 aromatic heterocycles. The summed E-state index contributed by atoms with van der Waals surface area (Å²) in [6, 6.07) is 87.8. The Hall–Kier alpha value is -8.66. The molecule has 0 N–H and O–H groups in total. The number of rotatable bonds is 7. The maximum Gasteiger partial charge on any atom is 0.143 e. The molecule has 11 aromatic carbocycles. The maximum atomic E-state index is 6.75. The van der Waals surface area contributed by atoms with Gasteiger partial charge in [-0.15, -0.1) is 0 Å². The van der Waals surface area contributed by atoms with Gasteiger partial charge in [-0.2, -0.15) is 0 Å². The summed E-state index contributed by atoms with van der Waals surface area (Å²) in [7, 11) is 0. The van der Waals surface area contributed by atoms with Gasteiger partial charge in [0, 0.05) is 49.4 Å². The summed E-state index contributed by atoms with van der Waals surface area (Å²) < 4.78 is 9.18. The van der Waals surface area contributed by atoms with Gasteiger partial charge in [-0.05, 0) is 75.6 Å². The van der Waals surface area contributed by atoms with Crippen LogP contribution in [0.2, 0.25) is 0 Å². The molecule has 0 saturated carbocycles. The second-order valence-corrected chi connectivity index (χ2v) is 16.8. The first-order valence-corrected chi connectivity index (χ1v) is 22.3. The van der Waals surface area contributed by atoms with Crippen molar-refractivity contribution in [2.75, 3.05) is 4.90 Å². The van der Waals surface area contributed by atoms with E-state index >= 15 is 0 Å². The summed E-state index contributed by atoms with van der Waals surface area (Å²) >= 11 is 0. The highest BCUT2D eigenvalue weighted by atomic mass is 16.3. The van der Waals surface area contributed by atoms with E-state index in [1.807, 2.05) is 6.07 Å². The van der Waals surface area contributed by atoms with E-state index in [-0.39, 0.29) is 0 Å². The monoisotopic (exact) mass is 828 g/mol. The van der Waals surface area contributed by atoms with Crippen molar-refractivity contribution in [2.24, 2.45) is 0 Å². The molecule has 2 heterocycles. The number of nitrogens with zero attached hydrogens (tertiary/aromatic N) is 2. The maximum absolute atomic E-state index is 6.75. The van der Waals surface area contributed by atoms with Crippen LogP contribution in [0.25, 0.3) is 104 Å². The summed E-state index contributed by atoms with van der Waals surface area (Å²) in [5.41, 5.74) is 15.0. The van der Waals surface area contributed by atoms with Gasteiger partial charge in [0.05, 0.1) is 33.8 Å². The Kier molecular flexibility index (Phi) is 8.53.